The molecule has 0 saturated carbocycles. The number of nitrogens with zero attached hydrogens (tertiary/aromatic N) is 2. The van der Waals surface area contributed by atoms with E-state index in [1.165, 1.54) is 0 Å². The van der Waals surface area contributed by atoms with Crippen LogP contribution in [0.4, 0.5) is 0 Å². The van der Waals surface area contributed by atoms with Gasteiger partial charge in [-0.2, -0.15) is 5.10 Å². The number of H-pyrrole nitrogens is 1. The number of carbonyl (C=O) groups excluding carboxylic acids is 2. The number of rotatable bonds is 6. The van der Waals surface area contributed by atoms with Crippen LogP contribution in [-0.2, 0) is 6.42 Å². The van der Waals surface area contributed by atoms with Crippen LogP contribution in [0, 0.1) is 0 Å². The van der Waals surface area contributed by atoms with Gasteiger partial charge in [-0.05, 0) is 23.3 Å². The summed E-state index contributed by atoms with van der Waals surface area (Å²) in [5.41, 5.74) is 3.27. The van der Waals surface area contributed by atoms with E-state index in [1.807, 2.05) is 37.3 Å². The minimum absolute atomic E-state index is 0.0405. The third-order valence-electron chi connectivity index (χ3n) is 4.29. The van der Waals surface area contributed by atoms with Gasteiger partial charge in [-0.1, -0.05) is 37.3 Å². The third kappa shape index (κ3) is 3.85. The van der Waals surface area contributed by atoms with Crippen molar-refractivity contribution in [2.45, 2.75) is 19.3 Å². The van der Waals surface area contributed by atoms with Crippen molar-refractivity contribution in [3.05, 3.63) is 82.9 Å². The summed E-state index contributed by atoms with van der Waals surface area (Å²) in [6, 6.07) is 13.2. The molecule has 6 heteroatoms. The highest BCUT2D eigenvalue weighted by Crippen LogP contribution is 2.24. The van der Waals surface area contributed by atoms with Gasteiger partial charge in [-0.3, -0.25) is 14.7 Å². The van der Waals surface area contributed by atoms with E-state index in [2.05, 4.69) is 20.5 Å². The Labute approximate surface area is 151 Å². The van der Waals surface area contributed by atoms with E-state index in [1.54, 1.807) is 31.6 Å². The summed E-state index contributed by atoms with van der Waals surface area (Å²) in [5, 5.41) is 9.13. The third-order valence-corrected chi connectivity index (χ3v) is 4.29. The zero-order valence-corrected chi connectivity index (χ0v) is 14.7. The largest absolute Gasteiger partial charge is 0.354 e. The SMILES string of the molecule is CNC(=O)c1cc(C(=O)Cc2cn[nH]c2)cc([C@H](C)c2ccccc2)n1. The predicted octanol–water partition coefficient (Wildman–Crippen LogP) is 2.74. The van der Waals surface area contributed by atoms with Crippen molar-refractivity contribution in [3.63, 3.8) is 0 Å². The van der Waals surface area contributed by atoms with Gasteiger partial charge in [0.1, 0.15) is 5.69 Å². The molecule has 0 aliphatic heterocycles. The van der Waals surface area contributed by atoms with Gasteiger partial charge in [0.2, 0.25) is 0 Å². The van der Waals surface area contributed by atoms with Crippen LogP contribution in [0.25, 0.3) is 0 Å². The van der Waals surface area contributed by atoms with Crippen molar-refractivity contribution in [2.75, 3.05) is 7.05 Å². The summed E-state index contributed by atoms with van der Waals surface area (Å²) < 4.78 is 0. The zero-order chi connectivity index (χ0) is 18.5. The minimum atomic E-state index is -0.315. The fraction of sp³-hybridized carbons (Fsp3) is 0.200. The van der Waals surface area contributed by atoms with Gasteiger partial charge in [-0.25, -0.2) is 4.98 Å². The van der Waals surface area contributed by atoms with Crippen molar-refractivity contribution in [1.82, 2.24) is 20.5 Å². The number of hydrogen-bond donors (Lipinski definition) is 2. The molecule has 1 atom stereocenters. The molecule has 0 fully saturated rings. The number of nitrogens with one attached hydrogen (secondary N) is 2. The van der Waals surface area contributed by atoms with Crippen LogP contribution >= 0.6 is 0 Å². The highest BCUT2D eigenvalue weighted by Gasteiger charge is 2.18. The molecule has 2 N–H and O–H groups in total. The first-order chi connectivity index (χ1) is 12.6. The van der Waals surface area contributed by atoms with Crippen LogP contribution in [-0.4, -0.2) is 33.9 Å². The maximum absolute atomic E-state index is 12.7. The molecule has 26 heavy (non-hydrogen) atoms. The maximum atomic E-state index is 12.7. The molecule has 0 spiro atoms. The van der Waals surface area contributed by atoms with Crippen LogP contribution in [0.2, 0.25) is 0 Å². The molecule has 0 bridgehead atoms. The molecule has 3 aromatic rings. The van der Waals surface area contributed by atoms with Crippen LogP contribution in [0.3, 0.4) is 0 Å². The Balaban J connectivity index is 1.98. The first-order valence-electron chi connectivity index (χ1n) is 8.38. The number of aromatic nitrogens is 3. The predicted molar refractivity (Wildman–Crippen MR) is 98.2 cm³/mol. The monoisotopic (exact) mass is 348 g/mol. The van der Waals surface area contributed by atoms with E-state index in [0.29, 0.717) is 11.3 Å². The quantitative estimate of drug-likeness (QED) is 0.671. The molecular weight excluding hydrogens is 328 g/mol. The van der Waals surface area contributed by atoms with Crippen LogP contribution in [0.15, 0.2) is 54.9 Å². The van der Waals surface area contributed by atoms with Gasteiger partial charge >= 0.3 is 0 Å². The molecule has 0 aliphatic carbocycles. The standard InChI is InChI=1S/C20H20N4O2/c1-13(15-6-4-3-5-7-15)17-9-16(10-18(24-17)20(26)21-2)19(25)8-14-11-22-23-12-14/h3-7,9-13H,8H2,1-2H3,(H,21,26)(H,22,23)/t13-/m1/s1. The summed E-state index contributed by atoms with van der Waals surface area (Å²) in [7, 11) is 1.55. The highest BCUT2D eigenvalue weighted by molar-refractivity contribution is 6.00. The van der Waals surface area contributed by atoms with Crippen molar-refractivity contribution >= 4 is 11.7 Å². The van der Waals surface area contributed by atoms with E-state index in [-0.39, 0.29) is 29.7 Å². The Bertz CT molecular complexity index is 905. The average Bonchev–Trinajstić information content (AvgIpc) is 3.20. The molecule has 6 nitrogen and oxygen atoms in total. The molecule has 0 unspecified atom stereocenters. The fourth-order valence-electron chi connectivity index (χ4n) is 2.75. The van der Waals surface area contributed by atoms with Crippen molar-refractivity contribution < 1.29 is 9.59 Å². The number of Topliss-reactive ketones (excluding diaryl/α,β-unsaturated/α-hetero) is 1. The van der Waals surface area contributed by atoms with Crippen LogP contribution in [0.1, 0.15) is 50.5 Å². The molecule has 0 radical (unpaired) electrons. The topological polar surface area (TPSA) is 87.7 Å². The average molecular weight is 348 g/mol. The molecular formula is C20H20N4O2. The molecule has 0 saturated heterocycles. The lowest BCUT2D eigenvalue weighted by molar-refractivity contribution is 0.0958. The van der Waals surface area contributed by atoms with Gasteiger partial charge in [0.15, 0.2) is 5.78 Å². The van der Waals surface area contributed by atoms with E-state index >= 15 is 0 Å². The Kier molecular flexibility index (Phi) is 5.22. The van der Waals surface area contributed by atoms with E-state index < -0.39 is 0 Å². The molecule has 1 amide bonds. The second-order valence-electron chi connectivity index (χ2n) is 6.08. The summed E-state index contributed by atoms with van der Waals surface area (Å²) in [5.74, 6) is -0.439. The molecule has 132 valence electrons. The van der Waals surface area contributed by atoms with Crippen molar-refractivity contribution in [2.24, 2.45) is 0 Å². The van der Waals surface area contributed by atoms with Crippen molar-refractivity contribution in [1.29, 1.82) is 0 Å². The second-order valence-corrected chi connectivity index (χ2v) is 6.08. The summed E-state index contributed by atoms with van der Waals surface area (Å²) in [6.45, 7) is 2.01. The Morgan fingerprint density at radius 1 is 1.19 bits per heavy atom. The smallest absolute Gasteiger partial charge is 0.269 e. The van der Waals surface area contributed by atoms with Gasteiger partial charge in [0, 0.05) is 36.8 Å². The molecule has 0 aliphatic rings. The fourth-order valence-corrected chi connectivity index (χ4v) is 2.75. The summed E-state index contributed by atoms with van der Waals surface area (Å²) in [6.07, 6.45) is 3.52. The number of carbonyl (C=O) groups is 2. The number of aromatic amines is 1. The Morgan fingerprint density at radius 2 is 1.96 bits per heavy atom. The zero-order valence-electron chi connectivity index (χ0n) is 14.7. The van der Waals surface area contributed by atoms with Gasteiger partial charge < -0.3 is 5.32 Å². The lowest BCUT2D eigenvalue weighted by Crippen LogP contribution is -2.21. The first-order valence-corrected chi connectivity index (χ1v) is 8.38. The highest BCUT2D eigenvalue weighted by atomic mass is 16.1. The van der Waals surface area contributed by atoms with Crippen molar-refractivity contribution in [3.8, 4) is 0 Å². The summed E-state index contributed by atoms with van der Waals surface area (Å²) >= 11 is 0. The Hall–Kier alpha value is -3.28. The first kappa shape index (κ1) is 17.5. The molecule has 2 aromatic heterocycles. The second kappa shape index (κ2) is 7.74. The Morgan fingerprint density at radius 3 is 2.62 bits per heavy atom. The van der Waals surface area contributed by atoms with E-state index in [0.717, 1.165) is 11.1 Å². The lowest BCUT2D eigenvalue weighted by Gasteiger charge is -2.14. The molecule has 3 rings (SSSR count). The van der Waals surface area contributed by atoms with Gasteiger partial charge in [-0.15, -0.1) is 0 Å². The lowest BCUT2D eigenvalue weighted by atomic mass is 9.94. The minimum Gasteiger partial charge on any atom is -0.354 e. The van der Waals surface area contributed by atoms with E-state index in [9.17, 15) is 9.59 Å². The molecule has 1 aromatic carbocycles. The van der Waals surface area contributed by atoms with Gasteiger partial charge in [0.25, 0.3) is 5.91 Å². The number of ketones is 1. The van der Waals surface area contributed by atoms with E-state index in [4.69, 9.17) is 0 Å². The normalized spacial score (nSPS) is 11.8. The van der Waals surface area contributed by atoms with Crippen LogP contribution in [0.5, 0.6) is 0 Å². The van der Waals surface area contributed by atoms with Gasteiger partial charge in [0.05, 0.1) is 6.20 Å². The van der Waals surface area contributed by atoms with Crippen LogP contribution < -0.4 is 5.32 Å². The number of benzene rings is 1. The number of pyridine rings is 1. The summed E-state index contributed by atoms with van der Waals surface area (Å²) in [4.78, 5) is 29.3. The maximum Gasteiger partial charge on any atom is 0.269 e. The number of amides is 1. The molecule has 2 heterocycles. The number of hydrogen-bond acceptors (Lipinski definition) is 4.